The Bertz CT molecular complexity index is 564. The van der Waals surface area contributed by atoms with Gasteiger partial charge in [-0.25, -0.2) is 4.39 Å². The molecule has 7 heteroatoms. The number of carbonyl (C=O) groups is 1. The number of carbonyl (C=O) groups excluding carboxylic acids is 1. The molecule has 1 amide bonds. The molecule has 1 heterocycles. The molecule has 2 unspecified atom stereocenters. The van der Waals surface area contributed by atoms with E-state index in [1.807, 2.05) is 14.0 Å². The van der Waals surface area contributed by atoms with Crippen LogP contribution in [0.25, 0.3) is 0 Å². The Hall–Kier alpha value is -2.02. The largest absolute Gasteiger partial charge is 0.349 e. The van der Waals surface area contributed by atoms with Crippen LogP contribution in [0, 0.1) is 21.8 Å². The van der Waals surface area contributed by atoms with Crippen molar-refractivity contribution >= 4 is 11.6 Å². The number of nitro groups is 1. The molecule has 0 aliphatic carbocycles. The highest BCUT2D eigenvalue weighted by molar-refractivity contribution is 5.95. The van der Waals surface area contributed by atoms with Crippen molar-refractivity contribution in [1.82, 2.24) is 10.2 Å². The SMILES string of the molecule is CC1CN(C)CCC1NC(=O)c1cc([N+](=O)[O-])ccc1F. The molecule has 0 spiro atoms. The van der Waals surface area contributed by atoms with Gasteiger partial charge in [-0.15, -0.1) is 0 Å². The molecule has 1 aromatic carbocycles. The number of non-ortho nitro benzene ring substituents is 1. The maximum Gasteiger partial charge on any atom is 0.270 e. The van der Waals surface area contributed by atoms with E-state index in [1.54, 1.807) is 0 Å². The van der Waals surface area contributed by atoms with Gasteiger partial charge in [-0.3, -0.25) is 14.9 Å². The number of amides is 1. The maximum absolute atomic E-state index is 13.7. The van der Waals surface area contributed by atoms with Crippen LogP contribution in [0.3, 0.4) is 0 Å². The van der Waals surface area contributed by atoms with E-state index in [0.29, 0.717) is 0 Å². The van der Waals surface area contributed by atoms with Crippen molar-refractivity contribution < 1.29 is 14.1 Å². The number of nitrogens with one attached hydrogen (secondary N) is 1. The van der Waals surface area contributed by atoms with Crippen molar-refractivity contribution in [3.8, 4) is 0 Å². The number of hydrogen-bond acceptors (Lipinski definition) is 4. The van der Waals surface area contributed by atoms with Gasteiger partial charge < -0.3 is 10.2 Å². The maximum atomic E-state index is 13.7. The van der Waals surface area contributed by atoms with Crippen LogP contribution in [0.4, 0.5) is 10.1 Å². The minimum Gasteiger partial charge on any atom is -0.349 e. The third-order valence-corrected chi connectivity index (χ3v) is 3.83. The highest BCUT2D eigenvalue weighted by Crippen LogP contribution is 2.19. The van der Waals surface area contributed by atoms with Gasteiger partial charge in [0.1, 0.15) is 5.82 Å². The first-order valence-corrected chi connectivity index (χ1v) is 6.82. The van der Waals surface area contributed by atoms with Gasteiger partial charge >= 0.3 is 0 Å². The zero-order valence-corrected chi connectivity index (χ0v) is 12.0. The lowest BCUT2D eigenvalue weighted by Crippen LogP contribution is -2.49. The Morgan fingerprint density at radius 3 is 2.86 bits per heavy atom. The number of hydrogen-bond donors (Lipinski definition) is 1. The number of nitrogens with zero attached hydrogens (tertiary/aromatic N) is 2. The van der Waals surface area contributed by atoms with E-state index in [2.05, 4.69) is 10.2 Å². The quantitative estimate of drug-likeness (QED) is 0.681. The molecule has 1 N–H and O–H groups in total. The molecule has 0 radical (unpaired) electrons. The Morgan fingerprint density at radius 2 is 2.24 bits per heavy atom. The number of nitro benzene ring substituents is 1. The van der Waals surface area contributed by atoms with Crippen LogP contribution >= 0.6 is 0 Å². The molecule has 0 bridgehead atoms. The molecule has 1 aliphatic rings. The molecule has 2 atom stereocenters. The molecular weight excluding hydrogens is 277 g/mol. The van der Waals surface area contributed by atoms with Crippen LogP contribution in [0.1, 0.15) is 23.7 Å². The average Bonchev–Trinajstić information content (AvgIpc) is 2.42. The molecule has 0 saturated carbocycles. The number of rotatable bonds is 3. The van der Waals surface area contributed by atoms with Crippen LogP contribution in [-0.4, -0.2) is 41.9 Å². The second kappa shape index (κ2) is 6.17. The monoisotopic (exact) mass is 295 g/mol. The Kier molecular flexibility index (Phi) is 4.52. The summed E-state index contributed by atoms with van der Waals surface area (Å²) in [6, 6.07) is 2.92. The number of benzene rings is 1. The van der Waals surface area contributed by atoms with Gasteiger partial charge in [-0.2, -0.15) is 0 Å². The summed E-state index contributed by atoms with van der Waals surface area (Å²) in [5, 5.41) is 13.5. The summed E-state index contributed by atoms with van der Waals surface area (Å²) in [5.41, 5.74) is -0.576. The highest BCUT2D eigenvalue weighted by atomic mass is 19.1. The van der Waals surface area contributed by atoms with Gasteiger partial charge in [0.25, 0.3) is 11.6 Å². The number of likely N-dealkylation sites (tertiary alicyclic amines) is 1. The zero-order chi connectivity index (χ0) is 15.6. The fourth-order valence-electron chi connectivity index (χ4n) is 2.62. The summed E-state index contributed by atoms with van der Waals surface area (Å²) >= 11 is 0. The average molecular weight is 295 g/mol. The molecule has 114 valence electrons. The molecule has 1 aromatic rings. The van der Waals surface area contributed by atoms with E-state index >= 15 is 0 Å². The Labute approximate surface area is 122 Å². The van der Waals surface area contributed by atoms with Crippen molar-refractivity contribution in [3.63, 3.8) is 0 Å². The lowest BCUT2D eigenvalue weighted by Gasteiger charge is -2.35. The van der Waals surface area contributed by atoms with Gasteiger partial charge in [0.2, 0.25) is 0 Å². The Morgan fingerprint density at radius 1 is 1.52 bits per heavy atom. The second-order valence-electron chi connectivity index (χ2n) is 5.53. The zero-order valence-electron chi connectivity index (χ0n) is 12.0. The van der Waals surface area contributed by atoms with Crippen LogP contribution in [0.5, 0.6) is 0 Å². The van der Waals surface area contributed by atoms with Crippen LogP contribution in [0.15, 0.2) is 18.2 Å². The summed E-state index contributed by atoms with van der Waals surface area (Å²) in [6.07, 6.45) is 0.778. The van der Waals surface area contributed by atoms with Crippen LogP contribution in [-0.2, 0) is 0 Å². The molecule has 1 saturated heterocycles. The fraction of sp³-hybridized carbons (Fsp3) is 0.500. The van der Waals surface area contributed by atoms with Crippen molar-refractivity contribution in [3.05, 3.63) is 39.7 Å². The van der Waals surface area contributed by atoms with Crippen molar-refractivity contribution in [1.29, 1.82) is 0 Å². The van der Waals surface area contributed by atoms with E-state index in [9.17, 15) is 19.3 Å². The molecule has 2 rings (SSSR count). The predicted octanol–water partition coefficient (Wildman–Crippen LogP) is 1.80. The summed E-state index contributed by atoms with van der Waals surface area (Å²) < 4.78 is 13.7. The molecular formula is C14H18FN3O3. The predicted molar refractivity (Wildman–Crippen MR) is 75.6 cm³/mol. The van der Waals surface area contributed by atoms with Gasteiger partial charge in [0.05, 0.1) is 10.5 Å². The van der Waals surface area contributed by atoms with Gasteiger partial charge in [0, 0.05) is 24.7 Å². The first-order chi connectivity index (χ1) is 9.88. The summed E-state index contributed by atoms with van der Waals surface area (Å²) in [4.78, 5) is 24.4. The third-order valence-electron chi connectivity index (χ3n) is 3.83. The highest BCUT2D eigenvalue weighted by Gasteiger charge is 2.27. The van der Waals surface area contributed by atoms with E-state index in [0.717, 1.165) is 37.7 Å². The lowest BCUT2D eigenvalue weighted by molar-refractivity contribution is -0.384. The van der Waals surface area contributed by atoms with Crippen LogP contribution in [0.2, 0.25) is 0 Å². The molecule has 21 heavy (non-hydrogen) atoms. The first kappa shape index (κ1) is 15.4. The topological polar surface area (TPSA) is 75.5 Å². The lowest BCUT2D eigenvalue weighted by atomic mass is 9.94. The van der Waals surface area contributed by atoms with Crippen LogP contribution < -0.4 is 5.32 Å². The van der Waals surface area contributed by atoms with Gasteiger partial charge in [-0.1, -0.05) is 6.92 Å². The smallest absolute Gasteiger partial charge is 0.270 e. The summed E-state index contributed by atoms with van der Waals surface area (Å²) in [7, 11) is 2.01. The summed E-state index contributed by atoms with van der Waals surface area (Å²) in [6.45, 7) is 3.72. The van der Waals surface area contributed by atoms with E-state index in [4.69, 9.17) is 0 Å². The van der Waals surface area contributed by atoms with E-state index < -0.39 is 16.6 Å². The fourth-order valence-corrected chi connectivity index (χ4v) is 2.62. The van der Waals surface area contributed by atoms with Gasteiger partial charge in [-0.05, 0) is 32.0 Å². The van der Waals surface area contributed by atoms with E-state index in [-0.39, 0.29) is 23.2 Å². The van der Waals surface area contributed by atoms with Gasteiger partial charge in [0.15, 0.2) is 0 Å². The Balaban J connectivity index is 2.13. The minimum absolute atomic E-state index is 0.0487. The standard InChI is InChI=1S/C14H18FN3O3/c1-9-8-17(2)6-5-13(9)16-14(19)11-7-10(18(20)21)3-4-12(11)15/h3-4,7,9,13H,5-6,8H2,1-2H3,(H,16,19). The summed E-state index contributed by atoms with van der Waals surface area (Å²) in [5.74, 6) is -1.11. The normalized spacial score (nSPS) is 22.8. The number of piperidine rings is 1. The first-order valence-electron chi connectivity index (χ1n) is 6.82. The molecule has 1 aliphatic heterocycles. The van der Waals surface area contributed by atoms with Crippen molar-refractivity contribution in [2.75, 3.05) is 20.1 Å². The molecule has 0 aromatic heterocycles. The van der Waals surface area contributed by atoms with E-state index in [1.165, 1.54) is 0 Å². The third kappa shape index (κ3) is 3.55. The molecule has 6 nitrogen and oxygen atoms in total. The van der Waals surface area contributed by atoms with Crippen molar-refractivity contribution in [2.45, 2.75) is 19.4 Å². The second-order valence-corrected chi connectivity index (χ2v) is 5.53. The minimum atomic E-state index is -0.751. The number of halogens is 1. The molecule has 1 fully saturated rings. The van der Waals surface area contributed by atoms with Crippen molar-refractivity contribution in [2.24, 2.45) is 5.92 Å².